The molecule has 0 radical (unpaired) electrons. The highest BCUT2D eigenvalue weighted by Crippen LogP contribution is 2.38. The number of aromatic nitrogens is 2. The van der Waals surface area contributed by atoms with Gasteiger partial charge >= 0.3 is 6.01 Å². The Balaban J connectivity index is 1.55. The largest absolute Gasteiger partial charge is 0.407 e. The molecule has 100 valence electrons. The topological polar surface area (TPSA) is 63.0 Å². The highest BCUT2D eigenvalue weighted by atomic mass is 16.4. The van der Waals surface area contributed by atoms with Gasteiger partial charge in [0.15, 0.2) is 0 Å². The molecule has 2 aliphatic rings. The molecule has 0 spiro atoms. The van der Waals surface area contributed by atoms with E-state index in [1.807, 2.05) is 0 Å². The lowest BCUT2D eigenvalue weighted by molar-refractivity contribution is 0.342. The zero-order valence-corrected chi connectivity index (χ0v) is 11.2. The second-order valence-corrected chi connectivity index (χ2v) is 6.23. The van der Waals surface area contributed by atoms with E-state index in [4.69, 9.17) is 4.42 Å². The van der Waals surface area contributed by atoms with Gasteiger partial charge in [0.1, 0.15) is 0 Å². The maximum Gasteiger partial charge on any atom is 0.315 e. The van der Waals surface area contributed by atoms with Gasteiger partial charge in [-0.05, 0) is 31.1 Å². The first-order chi connectivity index (χ1) is 8.63. The van der Waals surface area contributed by atoms with Gasteiger partial charge in [0.25, 0.3) is 0 Å². The van der Waals surface area contributed by atoms with E-state index in [1.54, 1.807) is 0 Å². The van der Waals surface area contributed by atoms with Crippen LogP contribution in [0.2, 0.25) is 0 Å². The van der Waals surface area contributed by atoms with Crippen LogP contribution in [0.1, 0.15) is 51.8 Å². The van der Waals surface area contributed by atoms with Crippen LogP contribution in [0.25, 0.3) is 0 Å². The monoisotopic (exact) mass is 250 g/mol. The second-order valence-electron chi connectivity index (χ2n) is 6.23. The van der Waals surface area contributed by atoms with Gasteiger partial charge in [-0.2, -0.15) is 0 Å². The average Bonchev–Trinajstić information content (AvgIpc) is 2.96. The van der Waals surface area contributed by atoms with E-state index in [2.05, 4.69) is 34.7 Å². The molecule has 1 heterocycles. The van der Waals surface area contributed by atoms with Gasteiger partial charge in [0.05, 0.1) is 6.54 Å². The van der Waals surface area contributed by atoms with Gasteiger partial charge in [-0.25, -0.2) is 0 Å². The van der Waals surface area contributed by atoms with Crippen LogP contribution in [0, 0.1) is 5.41 Å². The lowest BCUT2D eigenvalue weighted by atomic mass is 9.87. The number of nitrogens with zero attached hydrogens (tertiary/aromatic N) is 2. The van der Waals surface area contributed by atoms with Crippen LogP contribution in [0.3, 0.4) is 0 Å². The minimum atomic E-state index is 0.320. The van der Waals surface area contributed by atoms with Crippen molar-refractivity contribution in [2.24, 2.45) is 5.41 Å². The van der Waals surface area contributed by atoms with Crippen molar-refractivity contribution in [3.63, 3.8) is 0 Å². The van der Waals surface area contributed by atoms with Crippen molar-refractivity contribution in [3.05, 3.63) is 5.89 Å². The van der Waals surface area contributed by atoms with Crippen molar-refractivity contribution < 1.29 is 4.42 Å². The molecule has 1 aromatic rings. The fourth-order valence-electron chi connectivity index (χ4n) is 2.65. The van der Waals surface area contributed by atoms with Crippen LogP contribution in [0.5, 0.6) is 0 Å². The number of rotatable bonds is 5. The van der Waals surface area contributed by atoms with E-state index >= 15 is 0 Å². The lowest BCUT2D eigenvalue weighted by Gasteiger charge is -2.26. The van der Waals surface area contributed by atoms with Crippen LogP contribution in [-0.2, 0) is 6.54 Å². The normalized spacial score (nSPS) is 26.4. The molecule has 1 aromatic heterocycles. The van der Waals surface area contributed by atoms with Crippen molar-refractivity contribution in [2.75, 3.05) is 5.32 Å². The Bertz CT molecular complexity index is 411. The van der Waals surface area contributed by atoms with Crippen molar-refractivity contribution in [2.45, 2.75) is 64.6 Å². The third-order valence-electron chi connectivity index (χ3n) is 4.14. The van der Waals surface area contributed by atoms with Gasteiger partial charge in [-0.3, -0.25) is 0 Å². The van der Waals surface area contributed by atoms with Gasteiger partial charge in [-0.1, -0.05) is 25.4 Å². The minimum Gasteiger partial charge on any atom is -0.407 e. The smallest absolute Gasteiger partial charge is 0.315 e. The first-order valence-electron chi connectivity index (χ1n) is 6.96. The van der Waals surface area contributed by atoms with E-state index in [1.165, 1.54) is 32.1 Å². The SMILES string of the molecule is CC1(C)CCCC1Nc1nnc(CNC2CC2)o1. The predicted molar refractivity (Wildman–Crippen MR) is 69.2 cm³/mol. The fourth-order valence-corrected chi connectivity index (χ4v) is 2.65. The molecule has 2 fully saturated rings. The van der Waals surface area contributed by atoms with Gasteiger partial charge in [-0.15, -0.1) is 5.10 Å². The Hall–Kier alpha value is -1.10. The molecule has 2 N–H and O–H groups in total. The Morgan fingerprint density at radius 2 is 2.11 bits per heavy atom. The van der Waals surface area contributed by atoms with E-state index in [-0.39, 0.29) is 0 Å². The van der Waals surface area contributed by atoms with Crippen molar-refractivity contribution >= 4 is 6.01 Å². The molecular formula is C13H22N4O. The Morgan fingerprint density at radius 3 is 2.78 bits per heavy atom. The molecule has 1 unspecified atom stereocenters. The molecule has 0 aliphatic heterocycles. The van der Waals surface area contributed by atoms with E-state index < -0.39 is 0 Å². The standard InChI is InChI=1S/C13H22N4O/c1-13(2)7-3-4-10(13)15-12-17-16-11(18-12)8-14-9-5-6-9/h9-10,14H,3-8H2,1-2H3,(H,15,17). The molecular weight excluding hydrogens is 228 g/mol. The fraction of sp³-hybridized carbons (Fsp3) is 0.846. The van der Waals surface area contributed by atoms with Crippen LogP contribution < -0.4 is 10.6 Å². The summed E-state index contributed by atoms with van der Waals surface area (Å²) in [6, 6.07) is 1.69. The van der Waals surface area contributed by atoms with Gasteiger partial charge in [0, 0.05) is 12.1 Å². The maximum atomic E-state index is 5.62. The van der Waals surface area contributed by atoms with E-state index in [9.17, 15) is 0 Å². The lowest BCUT2D eigenvalue weighted by Crippen LogP contribution is -2.30. The molecule has 1 atom stereocenters. The molecule has 3 rings (SSSR count). The zero-order valence-electron chi connectivity index (χ0n) is 11.2. The van der Waals surface area contributed by atoms with E-state index in [0.717, 1.165) is 0 Å². The Morgan fingerprint density at radius 1 is 1.28 bits per heavy atom. The summed E-state index contributed by atoms with van der Waals surface area (Å²) in [6.07, 6.45) is 6.26. The van der Waals surface area contributed by atoms with Crippen molar-refractivity contribution in [3.8, 4) is 0 Å². The van der Waals surface area contributed by atoms with Crippen molar-refractivity contribution in [1.29, 1.82) is 0 Å². The van der Waals surface area contributed by atoms with Gasteiger partial charge in [0.2, 0.25) is 5.89 Å². The summed E-state index contributed by atoms with van der Waals surface area (Å²) in [5.41, 5.74) is 0.320. The molecule has 0 bridgehead atoms. The molecule has 2 saturated carbocycles. The third kappa shape index (κ3) is 2.66. The summed E-state index contributed by atoms with van der Waals surface area (Å²) in [7, 11) is 0. The molecule has 2 aliphatic carbocycles. The first-order valence-corrected chi connectivity index (χ1v) is 6.96. The molecule has 0 amide bonds. The summed E-state index contributed by atoms with van der Waals surface area (Å²) in [5, 5.41) is 14.9. The molecule has 5 nitrogen and oxygen atoms in total. The molecule has 18 heavy (non-hydrogen) atoms. The Kier molecular flexibility index (Phi) is 3.01. The van der Waals surface area contributed by atoms with Crippen LogP contribution >= 0.6 is 0 Å². The maximum absolute atomic E-state index is 5.62. The molecule has 0 saturated heterocycles. The average molecular weight is 250 g/mol. The minimum absolute atomic E-state index is 0.320. The molecule has 0 aromatic carbocycles. The highest BCUT2D eigenvalue weighted by molar-refractivity contribution is 5.22. The van der Waals surface area contributed by atoms with Crippen molar-refractivity contribution in [1.82, 2.24) is 15.5 Å². The number of anilines is 1. The highest BCUT2D eigenvalue weighted by Gasteiger charge is 2.35. The summed E-state index contributed by atoms with van der Waals surface area (Å²) in [4.78, 5) is 0. The van der Waals surface area contributed by atoms with Crippen LogP contribution in [0.15, 0.2) is 4.42 Å². The first kappa shape index (κ1) is 12.0. The predicted octanol–water partition coefficient (Wildman–Crippen LogP) is 2.31. The summed E-state index contributed by atoms with van der Waals surface area (Å²) < 4.78 is 5.62. The Labute approximate surface area is 108 Å². The summed E-state index contributed by atoms with van der Waals surface area (Å²) in [6.45, 7) is 5.28. The third-order valence-corrected chi connectivity index (χ3v) is 4.14. The van der Waals surface area contributed by atoms with Crippen LogP contribution in [-0.4, -0.2) is 22.3 Å². The number of hydrogen-bond acceptors (Lipinski definition) is 5. The number of hydrogen-bond donors (Lipinski definition) is 2. The van der Waals surface area contributed by atoms with Gasteiger partial charge < -0.3 is 15.1 Å². The van der Waals surface area contributed by atoms with Crippen LogP contribution in [0.4, 0.5) is 6.01 Å². The van der Waals surface area contributed by atoms with E-state index in [0.29, 0.717) is 35.9 Å². The second kappa shape index (κ2) is 4.53. The summed E-state index contributed by atoms with van der Waals surface area (Å²) >= 11 is 0. The number of nitrogens with one attached hydrogen (secondary N) is 2. The quantitative estimate of drug-likeness (QED) is 0.839. The summed E-state index contributed by atoms with van der Waals surface area (Å²) in [5.74, 6) is 0.681. The zero-order chi connectivity index (χ0) is 12.6. The molecule has 5 heteroatoms.